The number of aryl methyl sites for hydroxylation is 2. The summed E-state index contributed by atoms with van der Waals surface area (Å²) in [6, 6.07) is 12.4. The number of benzene rings is 1. The number of carbonyl (C=O) groups excluding carboxylic acids is 1. The number of nitrogens with one attached hydrogen (secondary N) is 1. The van der Waals surface area contributed by atoms with Crippen LogP contribution in [0, 0.1) is 25.2 Å². The first-order valence-corrected chi connectivity index (χ1v) is 9.60. The molecular weight excluding hydrogens is 350 g/mol. The van der Waals surface area contributed by atoms with Crippen molar-refractivity contribution in [1.82, 2.24) is 19.9 Å². The van der Waals surface area contributed by atoms with Crippen LogP contribution in [-0.2, 0) is 11.2 Å². The SMILES string of the molecule is CC[C@H](CNC(=O)CCc1c(C)nc2c(C#N)cnn2c1C)c1ccccc1. The Morgan fingerprint density at radius 3 is 2.71 bits per heavy atom. The monoisotopic (exact) mass is 375 g/mol. The average molecular weight is 375 g/mol. The maximum absolute atomic E-state index is 12.4. The Morgan fingerprint density at radius 1 is 1.29 bits per heavy atom. The Morgan fingerprint density at radius 2 is 2.04 bits per heavy atom. The van der Waals surface area contributed by atoms with E-state index in [1.807, 2.05) is 32.0 Å². The minimum absolute atomic E-state index is 0.0338. The highest BCUT2D eigenvalue weighted by Gasteiger charge is 2.15. The van der Waals surface area contributed by atoms with Gasteiger partial charge in [-0.25, -0.2) is 9.50 Å². The summed E-state index contributed by atoms with van der Waals surface area (Å²) in [4.78, 5) is 16.9. The normalized spacial score (nSPS) is 11.9. The predicted molar refractivity (Wildman–Crippen MR) is 108 cm³/mol. The molecule has 1 amide bonds. The van der Waals surface area contributed by atoms with E-state index < -0.39 is 0 Å². The summed E-state index contributed by atoms with van der Waals surface area (Å²) in [5.41, 5.74) is 5.04. The van der Waals surface area contributed by atoms with Crippen molar-refractivity contribution in [2.24, 2.45) is 0 Å². The number of aromatic nitrogens is 3. The molecule has 3 rings (SSSR count). The first-order valence-electron chi connectivity index (χ1n) is 9.60. The average Bonchev–Trinajstić information content (AvgIpc) is 3.12. The third kappa shape index (κ3) is 4.04. The molecule has 1 aromatic carbocycles. The van der Waals surface area contributed by atoms with Gasteiger partial charge in [0.1, 0.15) is 11.6 Å². The van der Waals surface area contributed by atoms with E-state index in [-0.39, 0.29) is 5.91 Å². The molecule has 0 aliphatic rings. The molecule has 0 fully saturated rings. The lowest BCUT2D eigenvalue weighted by Crippen LogP contribution is -2.28. The summed E-state index contributed by atoms with van der Waals surface area (Å²) < 4.78 is 1.68. The Kier molecular flexibility index (Phi) is 6.05. The smallest absolute Gasteiger partial charge is 0.220 e. The van der Waals surface area contributed by atoms with Crippen LogP contribution in [0.3, 0.4) is 0 Å². The van der Waals surface area contributed by atoms with Crippen molar-refractivity contribution < 1.29 is 4.79 Å². The molecule has 1 atom stereocenters. The molecule has 2 aromatic heterocycles. The molecule has 0 radical (unpaired) electrons. The lowest BCUT2D eigenvalue weighted by molar-refractivity contribution is -0.121. The summed E-state index contributed by atoms with van der Waals surface area (Å²) >= 11 is 0. The second kappa shape index (κ2) is 8.66. The third-order valence-corrected chi connectivity index (χ3v) is 5.24. The Labute approximate surface area is 165 Å². The number of hydrogen-bond acceptors (Lipinski definition) is 4. The van der Waals surface area contributed by atoms with Gasteiger partial charge in [-0.2, -0.15) is 10.4 Å². The van der Waals surface area contributed by atoms with E-state index in [1.165, 1.54) is 11.8 Å². The van der Waals surface area contributed by atoms with Crippen molar-refractivity contribution in [3.8, 4) is 6.07 Å². The number of nitrogens with zero attached hydrogens (tertiary/aromatic N) is 4. The second-order valence-electron chi connectivity index (χ2n) is 6.99. The Hall–Kier alpha value is -3.20. The largest absolute Gasteiger partial charge is 0.355 e. The van der Waals surface area contributed by atoms with Gasteiger partial charge in [0.2, 0.25) is 5.91 Å². The first-order chi connectivity index (χ1) is 13.5. The number of amides is 1. The summed E-state index contributed by atoms with van der Waals surface area (Å²) in [6.07, 6.45) is 3.49. The van der Waals surface area contributed by atoms with Crippen molar-refractivity contribution in [2.75, 3.05) is 6.54 Å². The molecule has 28 heavy (non-hydrogen) atoms. The lowest BCUT2D eigenvalue weighted by atomic mass is 9.96. The maximum Gasteiger partial charge on any atom is 0.220 e. The van der Waals surface area contributed by atoms with Crippen LogP contribution in [0.5, 0.6) is 0 Å². The van der Waals surface area contributed by atoms with Gasteiger partial charge in [0.05, 0.1) is 6.20 Å². The van der Waals surface area contributed by atoms with E-state index in [2.05, 4.69) is 40.5 Å². The lowest BCUT2D eigenvalue weighted by Gasteiger charge is -2.16. The Bertz CT molecular complexity index is 1020. The van der Waals surface area contributed by atoms with Gasteiger partial charge in [-0.15, -0.1) is 0 Å². The molecule has 0 aliphatic heterocycles. The van der Waals surface area contributed by atoms with Crippen molar-refractivity contribution in [3.63, 3.8) is 0 Å². The van der Waals surface area contributed by atoms with Gasteiger partial charge >= 0.3 is 0 Å². The van der Waals surface area contributed by atoms with E-state index in [4.69, 9.17) is 5.26 Å². The van der Waals surface area contributed by atoms with Gasteiger partial charge in [0.15, 0.2) is 5.65 Å². The molecule has 1 N–H and O–H groups in total. The highest BCUT2D eigenvalue weighted by atomic mass is 16.1. The van der Waals surface area contributed by atoms with Crippen molar-refractivity contribution in [3.05, 3.63) is 64.6 Å². The second-order valence-corrected chi connectivity index (χ2v) is 6.99. The molecule has 0 saturated carbocycles. The quantitative estimate of drug-likeness (QED) is 0.685. The van der Waals surface area contributed by atoms with E-state index in [0.717, 1.165) is 23.4 Å². The molecule has 6 heteroatoms. The highest BCUT2D eigenvalue weighted by Crippen LogP contribution is 2.19. The van der Waals surface area contributed by atoms with Crippen LogP contribution in [0.25, 0.3) is 5.65 Å². The standard InChI is InChI=1S/C22H25N5O/c1-4-17(18-8-6-5-7-9-18)13-24-21(28)11-10-20-15(2)26-22-19(12-23)14-25-27(22)16(20)3/h5-9,14,17H,4,10-11,13H2,1-3H3,(H,24,28)/t17-/m1/s1. The highest BCUT2D eigenvalue weighted by molar-refractivity contribution is 5.76. The van der Waals surface area contributed by atoms with E-state index >= 15 is 0 Å². The minimum Gasteiger partial charge on any atom is -0.355 e. The van der Waals surface area contributed by atoms with Crippen LogP contribution in [0.2, 0.25) is 0 Å². The summed E-state index contributed by atoms with van der Waals surface area (Å²) in [5.74, 6) is 0.353. The molecular formula is C22H25N5O. The van der Waals surface area contributed by atoms with Crippen LogP contribution in [0.15, 0.2) is 36.5 Å². The molecule has 0 unspecified atom stereocenters. The van der Waals surface area contributed by atoms with Gasteiger partial charge < -0.3 is 5.32 Å². The van der Waals surface area contributed by atoms with E-state index in [9.17, 15) is 4.79 Å². The molecule has 0 spiro atoms. The third-order valence-electron chi connectivity index (χ3n) is 5.24. The fourth-order valence-corrected chi connectivity index (χ4v) is 3.54. The van der Waals surface area contributed by atoms with Gasteiger partial charge in [-0.1, -0.05) is 37.3 Å². The number of carbonyl (C=O) groups is 1. The number of hydrogen-bond donors (Lipinski definition) is 1. The van der Waals surface area contributed by atoms with Crippen LogP contribution < -0.4 is 5.32 Å². The molecule has 0 aliphatic carbocycles. The predicted octanol–water partition coefficient (Wildman–Crippen LogP) is 3.46. The molecule has 0 bridgehead atoms. The van der Waals surface area contributed by atoms with Crippen LogP contribution in [0.1, 0.15) is 53.8 Å². The van der Waals surface area contributed by atoms with Crippen molar-refractivity contribution in [1.29, 1.82) is 5.26 Å². The topological polar surface area (TPSA) is 83.1 Å². The Balaban J connectivity index is 1.64. The van der Waals surface area contributed by atoms with Crippen LogP contribution >= 0.6 is 0 Å². The van der Waals surface area contributed by atoms with Crippen LogP contribution in [0.4, 0.5) is 0 Å². The van der Waals surface area contributed by atoms with Gasteiger partial charge in [0, 0.05) is 30.3 Å². The van der Waals surface area contributed by atoms with Crippen molar-refractivity contribution in [2.45, 2.75) is 46.0 Å². The minimum atomic E-state index is 0.0338. The number of fused-ring (bicyclic) bond motifs is 1. The van der Waals surface area contributed by atoms with Crippen molar-refractivity contribution >= 4 is 11.6 Å². The molecule has 3 aromatic rings. The number of rotatable bonds is 7. The summed E-state index contributed by atoms with van der Waals surface area (Å²) in [7, 11) is 0. The van der Waals surface area contributed by atoms with E-state index in [0.29, 0.717) is 36.5 Å². The fraction of sp³-hybridized carbons (Fsp3) is 0.364. The van der Waals surface area contributed by atoms with Gasteiger partial charge in [-0.3, -0.25) is 4.79 Å². The number of nitriles is 1. The van der Waals surface area contributed by atoms with Gasteiger partial charge in [-0.05, 0) is 37.8 Å². The summed E-state index contributed by atoms with van der Waals surface area (Å²) in [6.45, 7) is 6.64. The fourth-order valence-electron chi connectivity index (χ4n) is 3.54. The van der Waals surface area contributed by atoms with Gasteiger partial charge in [0.25, 0.3) is 0 Å². The molecule has 0 saturated heterocycles. The molecule has 2 heterocycles. The first kappa shape index (κ1) is 19.6. The molecule has 144 valence electrons. The zero-order valence-corrected chi connectivity index (χ0v) is 16.6. The maximum atomic E-state index is 12.4. The molecule has 6 nitrogen and oxygen atoms in total. The zero-order chi connectivity index (χ0) is 20.1. The van der Waals surface area contributed by atoms with Crippen LogP contribution in [-0.4, -0.2) is 27.0 Å². The zero-order valence-electron chi connectivity index (χ0n) is 16.6. The van der Waals surface area contributed by atoms with E-state index in [1.54, 1.807) is 4.52 Å². The summed E-state index contributed by atoms with van der Waals surface area (Å²) in [5, 5.41) is 16.5.